The number of ether oxygens (including phenoxy) is 1. The third kappa shape index (κ3) is 2.06. The van der Waals surface area contributed by atoms with Gasteiger partial charge in [-0.2, -0.15) is 0 Å². The molecule has 0 spiro atoms. The van der Waals surface area contributed by atoms with Crippen LogP contribution < -0.4 is 10.5 Å². The molecule has 4 nitrogen and oxygen atoms in total. The summed E-state index contributed by atoms with van der Waals surface area (Å²) in [5, 5.41) is 0. The van der Waals surface area contributed by atoms with Gasteiger partial charge in [0.2, 0.25) is 0 Å². The van der Waals surface area contributed by atoms with Gasteiger partial charge >= 0.3 is 0 Å². The Morgan fingerprint density at radius 3 is 2.53 bits per heavy atom. The average molecular weight is 229 g/mol. The predicted octanol–water partition coefficient (Wildman–Crippen LogP) is 2.35. The second-order valence-electron chi connectivity index (χ2n) is 3.90. The maximum absolute atomic E-state index is 5.91. The molecule has 1 aromatic carbocycles. The highest BCUT2D eigenvalue weighted by molar-refractivity contribution is 5.78. The molecule has 4 heteroatoms. The maximum Gasteiger partial charge on any atom is 0.134 e. The lowest BCUT2D eigenvalue weighted by Gasteiger charge is -2.11. The lowest BCUT2D eigenvalue weighted by Crippen LogP contribution is -2.00. The van der Waals surface area contributed by atoms with Gasteiger partial charge < -0.3 is 10.5 Å². The minimum Gasteiger partial charge on any atom is -0.497 e. The number of aryl methyl sites for hydroxylation is 2. The Bertz CT molecular complexity index is 532. The van der Waals surface area contributed by atoms with E-state index in [2.05, 4.69) is 9.97 Å². The van der Waals surface area contributed by atoms with Crippen molar-refractivity contribution >= 4 is 5.82 Å². The summed E-state index contributed by atoms with van der Waals surface area (Å²) in [6.07, 6.45) is 1.48. The van der Waals surface area contributed by atoms with E-state index in [4.69, 9.17) is 10.5 Å². The summed E-state index contributed by atoms with van der Waals surface area (Å²) >= 11 is 0. The summed E-state index contributed by atoms with van der Waals surface area (Å²) in [6, 6.07) is 5.87. The molecule has 88 valence electrons. The maximum atomic E-state index is 5.91. The molecule has 2 N–H and O–H groups in total. The van der Waals surface area contributed by atoms with Crippen molar-refractivity contribution in [2.45, 2.75) is 13.8 Å². The lowest BCUT2D eigenvalue weighted by molar-refractivity contribution is 0.414. The van der Waals surface area contributed by atoms with E-state index >= 15 is 0 Å². The van der Waals surface area contributed by atoms with Crippen LogP contribution in [0.15, 0.2) is 24.5 Å². The van der Waals surface area contributed by atoms with Crippen molar-refractivity contribution in [3.05, 3.63) is 35.8 Å². The highest BCUT2D eigenvalue weighted by Crippen LogP contribution is 2.31. The Kier molecular flexibility index (Phi) is 2.95. The van der Waals surface area contributed by atoms with Gasteiger partial charge in [0.1, 0.15) is 17.9 Å². The molecular formula is C13H15N3O. The van der Waals surface area contributed by atoms with E-state index in [1.165, 1.54) is 6.33 Å². The number of anilines is 1. The van der Waals surface area contributed by atoms with Crippen LogP contribution in [0.3, 0.4) is 0 Å². The topological polar surface area (TPSA) is 61.0 Å². The number of nitrogens with zero attached hydrogens (tertiary/aromatic N) is 2. The molecular weight excluding hydrogens is 214 g/mol. The second-order valence-corrected chi connectivity index (χ2v) is 3.90. The molecule has 0 amide bonds. The summed E-state index contributed by atoms with van der Waals surface area (Å²) in [4.78, 5) is 8.21. The largest absolute Gasteiger partial charge is 0.497 e. The molecule has 0 fully saturated rings. The minimum atomic E-state index is 0.505. The van der Waals surface area contributed by atoms with Gasteiger partial charge in [0.15, 0.2) is 0 Å². The Balaban J connectivity index is 2.61. The van der Waals surface area contributed by atoms with Gasteiger partial charge in [-0.05, 0) is 37.1 Å². The number of nitrogens with two attached hydrogens (primary N) is 1. The standard InChI is InChI=1S/C13H15N3O/c1-8-6-10(17-3)4-5-11(8)12-9(2)15-7-16-13(12)14/h4-7H,1-3H3,(H2,14,15,16). The van der Waals surface area contributed by atoms with E-state index in [-0.39, 0.29) is 0 Å². The van der Waals surface area contributed by atoms with Crippen LogP contribution in [-0.4, -0.2) is 17.1 Å². The van der Waals surface area contributed by atoms with Crippen LogP contribution in [0.5, 0.6) is 5.75 Å². The SMILES string of the molecule is COc1ccc(-c2c(C)ncnc2N)c(C)c1. The Morgan fingerprint density at radius 2 is 1.94 bits per heavy atom. The van der Waals surface area contributed by atoms with E-state index in [1.54, 1.807) is 7.11 Å². The van der Waals surface area contributed by atoms with Crippen LogP contribution in [0.25, 0.3) is 11.1 Å². The van der Waals surface area contributed by atoms with Crippen LogP contribution >= 0.6 is 0 Å². The molecule has 0 unspecified atom stereocenters. The summed E-state index contributed by atoms with van der Waals surface area (Å²) in [7, 11) is 1.65. The van der Waals surface area contributed by atoms with Gasteiger partial charge in [0.05, 0.1) is 12.8 Å². The average Bonchev–Trinajstić information content (AvgIpc) is 2.30. The quantitative estimate of drug-likeness (QED) is 0.858. The van der Waals surface area contributed by atoms with Crippen molar-refractivity contribution in [3.8, 4) is 16.9 Å². The molecule has 2 rings (SSSR count). The molecule has 0 aliphatic carbocycles. The van der Waals surface area contributed by atoms with Gasteiger partial charge in [-0.1, -0.05) is 6.07 Å². The first-order chi connectivity index (χ1) is 8.13. The summed E-state index contributed by atoms with van der Waals surface area (Å²) < 4.78 is 5.18. The molecule has 0 aliphatic rings. The van der Waals surface area contributed by atoms with Gasteiger partial charge in [-0.15, -0.1) is 0 Å². The number of hydrogen-bond donors (Lipinski definition) is 1. The molecule has 1 heterocycles. The highest BCUT2D eigenvalue weighted by atomic mass is 16.5. The van der Waals surface area contributed by atoms with Crippen LogP contribution in [0, 0.1) is 13.8 Å². The molecule has 0 atom stereocenters. The first-order valence-electron chi connectivity index (χ1n) is 5.35. The molecule has 2 aromatic rings. The third-order valence-electron chi connectivity index (χ3n) is 2.77. The van der Waals surface area contributed by atoms with Crippen LogP contribution in [0.2, 0.25) is 0 Å². The molecule has 0 aliphatic heterocycles. The number of benzene rings is 1. The normalized spacial score (nSPS) is 10.3. The van der Waals surface area contributed by atoms with Crippen molar-refractivity contribution in [1.82, 2.24) is 9.97 Å². The van der Waals surface area contributed by atoms with Crippen molar-refractivity contribution in [2.75, 3.05) is 12.8 Å². The molecule has 0 saturated heterocycles. The molecule has 17 heavy (non-hydrogen) atoms. The molecule has 0 saturated carbocycles. The van der Waals surface area contributed by atoms with Crippen LogP contribution in [0.4, 0.5) is 5.82 Å². The fourth-order valence-electron chi connectivity index (χ4n) is 1.87. The first kappa shape index (κ1) is 11.4. The van der Waals surface area contributed by atoms with Crippen molar-refractivity contribution in [3.63, 3.8) is 0 Å². The highest BCUT2D eigenvalue weighted by Gasteiger charge is 2.11. The molecule has 1 aromatic heterocycles. The van der Waals surface area contributed by atoms with Crippen molar-refractivity contribution in [1.29, 1.82) is 0 Å². The number of hydrogen-bond acceptors (Lipinski definition) is 4. The smallest absolute Gasteiger partial charge is 0.134 e. The zero-order valence-corrected chi connectivity index (χ0v) is 10.2. The fourth-order valence-corrected chi connectivity index (χ4v) is 1.87. The monoisotopic (exact) mass is 229 g/mol. The summed E-state index contributed by atoms with van der Waals surface area (Å²) in [5.74, 6) is 1.34. The van der Waals surface area contributed by atoms with E-state index in [1.807, 2.05) is 32.0 Å². The predicted molar refractivity (Wildman–Crippen MR) is 67.9 cm³/mol. The van der Waals surface area contributed by atoms with Crippen molar-refractivity contribution < 1.29 is 4.74 Å². The van der Waals surface area contributed by atoms with Gasteiger partial charge in [0.25, 0.3) is 0 Å². The Labute approximate surface area is 100 Å². The Morgan fingerprint density at radius 1 is 1.18 bits per heavy atom. The number of nitrogen functional groups attached to an aromatic ring is 1. The third-order valence-corrected chi connectivity index (χ3v) is 2.77. The van der Waals surface area contributed by atoms with E-state index in [0.29, 0.717) is 5.82 Å². The molecule has 0 radical (unpaired) electrons. The van der Waals surface area contributed by atoms with Crippen molar-refractivity contribution in [2.24, 2.45) is 0 Å². The minimum absolute atomic E-state index is 0.505. The first-order valence-corrected chi connectivity index (χ1v) is 5.35. The van der Waals surface area contributed by atoms with E-state index < -0.39 is 0 Å². The van der Waals surface area contributed by atoms with E-state index in [9.17, 15) is 0 Å². The Hall–Kier alpha value is -2.10. The fraction of sp³-hybridized carbons (Fsp3) is 0.231. The molecule has 0 bridgehead atoms. The number of aromatic nitrogens is 2. The van der Waals surface area contributed by atoms with E-state index in [0.717, 1.165) is 28.1 Å². The zero-order chi connectivity index (χ0) is 12.4. The lowest BCUT2D eigenvalue weighted by atomic mass is 9.99. The van der Waals surface area contributed by atoms with Gasteiger partial charge in [-0.3, -0.25) is 0 Å². The second kappa shape index (κ2) is 4.41. The summed E-state index contributed by atoms with van der Waals surface area (Å²) in [5.41, 5.74) is 9.82. The van der Waals surface area contributed by atoms with Gasteiger partial charge in [0, 0.05) is 5.56 Å². The zero-order valence-electron chi connectivity index (χ0n) is 10.2. The van der Waals surface area contributed by atoms with Crippen LogP contribution in [-0.2, 0) is 0 Å². The van der Waals surface area contributed by atoms with Crippen LogP contribution in [0.1, 0.15) is 11.3 Å². The summed E-state index contributed by atoms with van der Waals surface area (Å²) in [6.45, 7) is 3.95. The number of methoxy groups -OCH3 is 1. The van der Waals surface area contributed by atoms with Gasteiger partial charge in [-0.25, -0.2) is 9.97 Å². The number of rotatable bonds is 2.